The molecule has 0 aliphatic carbocycles. The number of aryl methyl sites for hydroxylation is 1. The van der Waals surface area contributed by atoms with Crippen molar-refractivity contribution in [1.29, 1.82) is 5.26 Å². The number of hydrogen-bond donors (Lipinski definition) is 1. The first-order valence-electron chi connectivity index (χ1n) is 6.69. The summed E-state index contributed by atoms with van der Waals surface area (Å²) in [6.07, 6.45) is 2.39. The summed E-state index contributed by atoms with van der Waals surface area (Å²) in [6.45, 7) is 2.51. The van der Waals surface area contributed by atoms with Crippen LogP contribution in [0.4, 0.5) is 0 Å². The fraction of sp³-hybridized carbons (Fsp3) is 0.176. The average Bonchev–Trinajstić information content (AvgIpc) is 2.91. The highest BCUT2D eigenvalue weighted by molar-refractivity contribution is 7.12. The third-order valence-electron chi connectivity index (χ3n) is 2.95. The molecular formula is C17H16N2OS. The smallest absolute Gasteiger partial charge is 0.261 e. The Kier molecular flexibility index (Phi) is 5.30. The number of rotatable bonds is 5. The Hall–Kier alpha value is -2.38. The lowest BCUT2D eigenvalue weighted by molar-refractivity contribution is -0.117. The maximum Gasteiger partial charge on any atom is 0.261 e. The van der Waals surface area contributed by atoms with E-state index >= 15 is 0 Å². The molecule has 0 bridgehead atoms. The van der Waals surface area contributed by atoms with Gasteiger partial charge in [-0.2, -0.15) is 5.26 Å². The second kappa shape index (κ2) is 7.41. The highest BCUT2D eigenvalue weighted by atomic mass is 32.1. The lowest BCUT2D eigenvalue weighted by atomic mass is 10.1. The zero-order valence-corrected chi connectivity index (χ0v) is 12.6. The van der Waals surface area contributed by atoms with Crippen molar-refractivity contribution in [3.05, 3.63) is 63.4 Å². The molecule has 0 saturated carbocycles. The molecule has 0 spiro atoms. The van der Waals surface area contributed by atoms with Crippen LogP contribution >= 0.6 is 11.3 Å². The Morgan fingerprint density at radius 1 is 1.29 bits per heavy atom. The normalized spacial score (nSPS) is 11.0. The number of amides is 1. The van der Waals surface area contributed by atoms with Crippen LogP contribution in [0.15, 0.2) is 48.0 Å². The van der Waals surface area contributed by atoms with Crippen LogP contribution in [0.25, 0.3) is 6.08 Å². The zero-order valence-electron chi connectivity index (χ0n) is 11.8. The van der Waals surface area contributed by atoms with Crippen LogP contribution in [-0.4, -0.2) is 12.5 Å². The first-order chi connectivity index (χ1) is 10.2. The predicted molar refractivity (Wildman–Crippen MR) is 85.8 cm³/mol. The number of carbonyl (C=O) groups excluding carboxylic acids is 1. The molecule has 1 amide bonds. The van der Waals surface area contributed by atoms with Gasteiger partial charge in [0.2, 0.25) is 0 Å². The zero-order chi connectivity index (χ0) is 15.1. The minimum Gasteiger partial charge on any atom is -0.351 e. The van der Waals surface area contributed by atoms with Crippen LogP contribution in [0.1, 0.15) is 15.3 Å². The highest BCUT2D eigenvalue weighted by Crippen LogP contribution is 2.18. The van der Waals surface area contributed by atoms with Gasteiger partial charge in [-0.05, 0) is 37.1 Å². The molecule has 0 radical (unpaired) electrons. The maximum absolute atomic E-state index is 12.0. The molecule has 1 heterocycles. The Bertz CT molecular complexity index is 680. The minimum atomic E-state index is -0.320. The van der Waals surface area contributed by atoms with E-state index in [-0.39, 0.29) is 11.5 Å². The van der Waals surface area contributed by atoms with Crippen LogP contribution in [0.3, 0.4) is 0 Å². The largest absolute Gasteiger partial charge is 0.351 e. The number of thiophene rings is 1. The van der Waals surface area contributed by atoms with Crippen molar-refractivity contribution < 1.29 is 4.79 Å². The van der Waals surface area contributed by atoms with Gasteiger partial charge in [0.15, 0.2) is 0 Å². The van der Waals surface area contributed by atoms with Gasteiger partial charge in [0.1, 0.15) is 11.6 Å². The van der Waals surface area contributed by atoms with E-state index in [0.29, 0.717) is 6.54 Å². The maximum atomic E-state index is 12.0. The molecular weight excluding hydrogens is 280 g/mol. The number of carbonyl (C=O) groups is 1. The molecule has 0 atom stereocenters. The second-order valence-corrected chi connectivity index (χ2v) is 5.93. The third-order valence-corrected chi connectivity index (χ3v) is 3.90. The second-order valence-electron chi connectivity index (χ2n) is 4.61. The minimum absolute atomic E-state index is 0.143. The number of benzene rings is 1. The van der Waals surface area contributed by atoms with E-state index in [1.807, 2.05) is 55.5 Å². The summed E-state index contributed by atoms with van der Waals surface area (Å²) in [4.78, 5) is 14.1. The lowest BCUT2D eigenvalue weighted by Gasteiger charge is -2.04. The molecule has 106 valence electrons. The van der Waals surface area contributed by atoms with Gasteiger partial charge in [0.05, 0.1) is 0 Å². The van der Waals surface area contributed by atoms with E-state index in [0.717, 1.165) is 21.7 Å². The van der Waals surface area contributed by atoms with Crippen molar-refractivity contribution in [3.8, 4) is 6.07 Å². The fourth-order valence-electron chi connectivity index (χ4n) is 1.88. The van der Waals surface area contributed by atoms with Crippen molar-refractivity contribution in [2.45, 2.75) is 13.3 Å². The van der Waals surface area contributed by atoms with Crippen LogP contribution < -0.4 is 5.32 Å². The van der Waals surface area contributed by atoms with Crippen LogP contribution in [0.5, 0.6) is 0 Å². The molecule has 1 aromatic heterocycles. The van der Waals surface area contributed by atoms with Gasteiger partial charge in [0.25, 0.3) is 5.91 Å². The van der Waals surface area contributed by atoms with Crippen LogP contribution in [0, 0.1) is 18.3 Å². The van der Waals surface area contributed by atoms with Crippen molar-refractivity contribution >= 4 is 23.3 Å². The molecule has 0 fully saturated rings. The SMILES string of the molecule is Cc1ccc(/C=C(/C#N)C(=O)NCCc2ccccc2)s1. The topological polar surface area (TPSA) is 52.9 Å². The summed E-state index contributed by atoms with van der Waals surface area (Å²) in [5, 5.41) is 11.9. The average molecular weight is 296 g/mol. The van der Waals surface area contributed by atoms with E-state index in [4.69, 9.17) is 5.26 Å². The predicted octanol–water partition coefficient (Wildman–Crippen LogP) is 3.32. The Morgan fingerprint density at radius 3 is 2.67 bits per heavy atom. The van der Waals surface area contributed by atoms with Gasteiger partial charge in [-0.1, -0.05) is 30.3 Å². The summed E-state index contributed by atoms with van der Waals surface area (Å²) < 4.78 is 0. The Balaban J connectivity index is 1.92. The number of hydrogen-bond acceptors (Lipinski definition) is 3. The monoisotopic (exact) mass is 296 g/mol. The van der Waals surface area contributed by atoms with Crippen LogP contribution in [-0.2, 0) is 11.2 Å². The van der Waals surface area contributed by atoms with Gasteiger partial charge >= 0.3 is 0 Å². The number of nitrogens with one attached hydrogen (secondary N) is 1. The van der Waals surface area contributed by atoms with Gasteiger partial charge < -0.3 is 5.32 Å². The molecule has 0 aliphatic heterocycles. The van der Waals surface area contributed by atoms with Gasteiger partial charge in [-0.15, -0.1) is 11.3 Å². The van der Waals surface area contributed by atoms with E-state index in [2.05, 4.69) is 5.32 Å². The number of nitriles is 1. The molecule has 1 aromatic carbocycles. The summed E-state index contributed by atoms with van der Waals surface area (Å²) >= 11 is 1.56. The summed E-state index contributed by atoms with van der Waals surface area (Å²) in [6, 6.07) is 15.8. The molecule has 3 nitrogen and oxygen atoms in total. The standard InChI is InChI=1S/C17H16N2OS/c1-13-7-8-16(21-13)11-15(12-18)17(20)19-10-9-14-5-3-2-4-6-14/h2-8,11H,9-10H2,1H3,(H,19,20)/b15-11-. The molecule has 0 saturated heterocycles. The van der Waals surface area contributed by atoms with E-state index < -0.39 is 0 Å². The van der Waals surface area contributed by atoms with Crippen molar-refractivity contribution in [1.82, 2.24) is 5.32 Å². The first-order valence-corrected chi connectivity index (χ1v) is 7.51. The fourth-order valence-corrected chi connectivity index (χ4v) is 2.70. The van der Waals surface area contributed by atoms with Crippen molar-refractivity contribution in [2.24, 2.45) is 0 Å². The van der Waals surface area contributed by atoms with E-state index in [9.17, 15) is 4.79 Å². The molecule has 0 unspecified atom stereocenters. The molecule has 0 aliphatic rings. The van der Waals surface area contributed by atoms with Gasteiger partial charge in [0, 0.05) is 16.3 Å². The Morgan fingerprint density at radius 2 is 2.05 bits per heavy atom. The highest BCUT2D eigenvalue weighted by Gasteiger charge is 2.08. The van der Waals surface area contributed by atoms with Crippen molar-refractivity contribution in [2.75, 3.05) is 6.54 Å². The van der Waals surface area contributed by atoms with E-state index in [1.54, 1.807) is 17.4 Å². The summed E-state index contributed by atoms with van der Waals surface area (Å²) in [7, 11) is 0. The first kappa shape index (κ1) is 15.0. The summed E-state index contributed by atoms with van der Waals surface area (Å²) in [5.41, 5.74) is 1.30. The quantitative estimate of drug-likeness (QED) is 0.679. The molecule has 4 heteroatoms. The van der Waals surface area contributed by atoms with Crippen LogP contribution in [0.2, 0.25) is 0 Å². The molecule has 1 N–H and O–H groups in total. The summed E-state index contributed by atoms with van der Waals surface area (Å²) in [5.74, 6) is -0.320. The molecule has 2 rings (SSSR count). The van der Waals surface area contributed by atoms with E-state index in [1.165, 1.54) is 0 Å². The van der Waals surface area contributed by atoms with Gasteiger partial charge in [-0.3, -0.25) is 4.79 Å². The Labute approximate surface area is 128 Å². The molecule has 21 heavy (non-hydrogen) atoms. The van der Waals surface area contributed by atoms with Crippen molar-refractivity contribution in [3.63, 3.8) is 0 Å². The third kappa shape index (κ3) is 4.59. The molecule has 2 aromatic rings. The lowest BCUT2D eigenvalue weighted by Crippen LogP contribution is -2.26. The van der Waals surface area contributed by atoms with Gasteiger partial charge in [-0.25, -0.2) is 0 Å². The number of nitrogens with zero attached hydrogens (tertiary/aromatic N) is 1.